The lowest BCUT2D eigenvalue weighted by Gasteiger charge is -2.35. The van der Waals surface area contributed by atoms with Crippen LogP contribution in [-0.2, 0) is 35.9 Å². The highest BCUT2D eigenvalue weighted by Crippen LogP contribution is 2.29. The second-order valence-electron chi connectivity index (χ2n) is 11.8. The van der Waals surface area contributed by atoms with Crippen LogP contribution in [0.25, 0.3) is 10.6 Å². The van der Waals surface area contributed by atoms with Crippen molar-refractivity contribution in [2.45, 2.75) is 71.3 Å². The van der Waals surface area contributed by atoms with Crippen LogP contribution in [-0.4, -0.2) is 74.5 Å². The first kappa shape index (κ1) is 29.9. The van der Waals surface area contributed by atoms with Gasteiger partial charge in [-0.05, 0) is 44.4 Å². The molecule has 3 heterocycles. The number of amides is 3. The summed E-state index contributed by atoms with van der Waals surface area (Å²) < 4.78 is 1.83. The van der Waals surface area contributed by atoms with Crippen LogP contribution in [0, 0.1) is 5.92 Å². The molecule has 2 bridgehead atoms. The average Bonchev–Trinajstić information content (AvgIpc) is 3.58. The first-order valence-electron chi connectivity index (χ1n) is 15.2. The molecule has 1 aliphatic heterocycles. The molecule has 1 N–H and O–H groups in total. The number of benzene rings is 1. The molecule has 0 spiro atoms. The Hall–Kier alpha value is -3.53. The molecule has 0 saturated heterocycles. The van der Waals surface area contributed by atoms with Crippen molar-refractivity contribution in [3.8, 4) is 10.6 Å². The van der Waals surface area contributed by atoms with Crippen molar-refractivity contribution in [2.24, 2.45) is 13.0 Å². The molecule has 3 amide bonds. The third-order valence-corrected chi connectivity index (χ3v) is 9.26. The van der Waals surface area contributed by atoms with Crippen molar-refractivity contribution in [1.82, 2.24) is 29.9 Å². The summed E-state index contributed by atoms with van der Waals surface area (Å²) in [5.74, 6) is 0.422. The molecule has 42 heavy (non-hydrogen) atoms. The van der Waals surface area contributed by atoms with Crippen LogP contribution in [0.3, 0.4) is 0 Å². The van der Waals surface area contributed by atoms with Crippen LogP contribution in [0.15, 0.2) is 35.7 Å². The van der Waals surface area contributed by atoms with Crippen molar-refractivity contribution in [3.63, 3.8) is 0 Å². The number of hydrogen-bond donors (Lipinski definition) is 1. The van der Waals surface area contributed by atoms with Crippen molar-refractivity contribution < 1.29 is 14.4 Å². The summed E-state index contributed by atoms with van der Waals surface area (Å²) in [4.78, 5) is 48.9. The van der Waals surface area contributed by atoms with Gasteiger partial charge in [-0.15, -0.1) is 11.3 Å². The first-order chi connectivity index (χ1) is 20.3. The molecule has 3 aromatic rings. The zero-order valence-electron chi connectivity index (χ0n) is 25.0. The molecule has 1 unspecified atom stereocenters. The van der Waals surface area contributed by atoms with Gasteiger partial charge in [-0.1, -0.05) is 44.2 Å². The van der Waals surface area contributed by atoms with Crippen LogP contribution in [0.4, 0.5) is 0 Å². The number of rotatable bonds is 6. The lowest BCUT2D eigenvalue weighted by Crippen LogP contribution is -2.45. The number of thiazole rings is 1. The average molecular weight is 591 g/mol. The fraction of sp³-hybridized carbons (Fsp3) is 0.531. The Morgan fingerprint density at radius 3 is 2.69 bits per heavy atom. The van der Waals surface area contributed by atoms with E-state index in [2.05, 4.69) is 24.3 Å². The van der Waals surface area contributed by atoms with Crippen molar-refractivity contribution >= 4 is 29.1 Å². The van der Waals surface area contributed by atoms with Crippen molar-refractivity contribution in [3.05, 3.63) is 58.4 Å². The molecule has 1 atom stereocenters. The van der Waals surface area contributed by atoms with Gasteiger partial charge in [0.1, 0.15) is 5.01 Å². The Kier molecular flexibility index (Phi) is 9.72. The smallest absolute Gasteiger partial charge is 0.272 e. The van der Waals surface area contributed by atoms with Crippen LogP contribution < -0.4 is 5.32 Å². The third kappa shape index (κ3) is 7.09. The van der Waals surface area contributed by atoms with E-state index in [-0.39, 0.29) is 30.2 Å². The number of nitrogens with one attached hydrogen (secondary N) is 1. The molecule has 5 rings (SSSR count). The normalized spacial score (nSPS) is 18.5. The van der Waals surface area contributed by atoms with Gasteiger partial charge < -0.3 is 15.1 Å². The standard InChI is InChI=1S/C32H42N6O3S/c1-22(2)14-18-38-25-12-13-27-26(20-25)30(35-36(27)3)31(41)33-15-8-17-37(16-7-11-28(38)39)29(40)19-24-21-42-32(34-24)23-9-5-4-6-10-23/h4-6,9-10,21-22,25H,7-8,11-20H2,1-3H3,(H,33,41). The second kappa shape index (κ2) is 13.6. The molecular formula is C32H42N6O3S. The largest absolute Gasteiger partial charge is 0.351 e. The topological polar surface area (TPSA) is 100 Å². The Morgan fingerprint density at radius 2 is 1.90 bits per heavy atom. The highest BCUT2D eigenvalue weighted by atomic mass is 32.1. The molecular weight excluding hydrogens is 548 g/mol. The van der Waals surface area contributed by atoms with E-state index in [4.69, 9.17) is 4.98 Å². The van der Waals surface area contributed by atoms with Crippen LogP contribution in [0.5, 0.6) is 0 Å². The molecule has 2 aromatic heterocycles. The van der Waals surface area contributed by atoms with Gasteiger partial charge in [0.2, 0.25) is 11.8 Å². The van der Waals surface area contributed by atoms with Gasteiger partial charge >= 0.3 is 0 Å². The summed E-state index contributed by atoms with van der Waals surface area (Å²) in [5.41, 5.74) is 4.32. The molecule has 10 heteroatoms. The maximum Gasteiger partial charge on any atom is 0.272 e. The van der Waals surface area contributed by atoms with E-state index in [0.29, 0.717) is 63.5 Å². The zero-order valence-corrected chi connectivity index (χ0v) is 25.8. The van der Waals surface area contributed by atoms with Crippen LogP contribution in [0.1, 0.15) is 73.4 Å². The fourth-order valence-electron chi connectivity index (χ4n) is 5.98. The Morgan fingerprint density at radius 1 is 1.12 bits per heavy atom. The predicted molar refractivity (Wildman–Crippen MR) is 164 cm³/mol. The monoisotopic (exact) mass is 590 g/mol. The van der Waals surface area contributed by atoms with Gasteiger partial charge in [0.05, 0.1) is 12.1 Å². The predicted octanol–water partition coefficient (Wildman–Crippen LogP) is 4.26. The molecule has 1 aliphatic carbocycles. The molecule has 2 aliphatic rings. The zero-order chi connectivity index (χ0) is 29.6. The number of carbonyl (C=O) groups excluding carboxylic acids is 3. The number of fused-ring (bicyclic) bond motifs is 1. The third-order valence-electron chi connectivity index (χ3n) is 8.32. The summed E-state index contributed by atoms with van der Waals surface area (Å²) in [5, 5.41) is 10.5. The van der Waals surface area contributed by atoms with Crippen LogP contribution in [0.2, 0.25) is 0 Å². The molecule has 0 radical (unpaired) electrons. The van der Waals surface area contributed by atoms with Gasteiger partial charge in [0.25, 0.3) is 5.91 Å². The number of nitrogens with zero attached hydrogens (tertiary/aromatic N) is 5. The summed E-state index contributed by atoms with van der Waals surface area (Å²) in [6.07, 6.45) is 5.09. The van der Waals surface area contributed by atoms with Gasteiger partial charge in [-0.3, -0.25) is 19.1 Å². The van der Waals surface area contributed by atoms with E-state index in [0.717, 1.165) is 46.8 Å². The highest BCUT2D eigenvalue weighted by Gasteiger charge is 2.33. The molecule has 0 fully saturated rings. The van der Waals surface area contributed by atoms with Gasteiger partial charge in [0.15, 0.2) is 5.69 Å². The van der Waals surface area contributed by atoms with Gasteiger partial charge in [0, 0.05) is 67.9 Å². The Labute approximate surface area is 252 Å². The summed E-state index contributed by atoms with van der Waals surface area (Å²) in [7, 11) is 1.89. The van der Waals surface area contributed by atoms with E-state index in [1.165, 1.54) is 11.3 Å². The van der Waals surface area contributed by atoms with Crippen molar-refractivity contribution in [2.75, 3.05) is 26.2 Å². The SMILES string of the molecule is CC(C)CCN1C(=O)CCCN(C(=O)Cc2csc(-c3ccccc3)n2)CCCNC(=O)c2nn(C)c3c2CC1CC3. The number of hydrogen-bond acceptors (Lipinski definition) is 6. The van der Waals surface area contributed by atoms with E-state index in [9.17, 15) is 14.4 Å². The van der Waals surface area contributed by atoms with E-state index in [1.807, 2.05) is 57.2 Å². The lowest BCUT2D eigenvalue weighted by atomic mass is 9.89. The molecule has 0 saturated carbocycles. The maximum atomic E-state index is 13.7. The number of aromatic nitrogens is 3. The Balaban J connectivity index is 1.32. The maximum absolute atomic E-state index is 13.7. The minimum Gasteiger partial charge on any atom is -0.351 e. The number of carbonyl (C=O) groups is 3. The van der Waals surface area contributed by atoms with E-state index < -0.39 is 0 Å². The van der Waals surface area contributed by atoms with E-state index in [1.54, 1.807) is 0 Å². The lowest BCUT2D eigenvalue weighted by molar-refractivity contribution is -0.135. The summed E-state index contributed by atoms with van der Waals surface area (Å²) >= 11 is 1.54. The van der Waals surface area contributed by atoms with Gasteiger partial charge in [-0.25, -0.2) is 4.98 Å². The van der Waals surface area contributed by atoms with Crippen LogP contribution >= 0.6 is 11.3 Å². The fourth-order valence-corrected chi connectivity index (χ4v) is 6.80. The quantitative estimate of drug-likeness (QED) is 0.463. The van der Waals surface area contributed by atoms with E-state index >= 15 is 0 Å². The first-order valence-corrected chi connectivity index (χ1v) is 16.1. The second-order valence-corrected chi connectivity index (χ2v) is 12.7. The molecule has 224 valence electrons. The number of aryl methyl sites for hydroxylation is 1. The molecule has 1 aromatic carbocycles. The minimum atomic E-state index is -0.184. The Bertz CT molecular complexity index is 1400. The highest BCUT2D eigenvalue weighted by molar-refractivity contribution is 7.13. The van der Waals surface area contributed by atoms with Gasteiger partial charge in [-0.2, -0.15) is 5.10 Å². The summed E-state index contributed by atoms with van der Waals surface area (Å²) in [6, 6.07) is 10.0. The minimum absolute atomic E-state index is 0.00730. The molecule has 9 nitrogen and oxygen atoms in total. The summed E-state index contributed by atoms with van der Waals surface area (Å²) in [6.45, 7) is 6.51. The van der Waals surface area contributed by atoms with Crippen molar-refractivity contribution in [1.29, 1.82) is 0 Å².